The lowest BCUT2D eigenvalue weighted by molar-refractivity contribution is -0.143. The van der Waals surface area contributed by atoms with Crippen LogP contribution in [0.2, 0.25) is 0 Å². The molecule has 1 heterocycles. The lowest BCUT2D eigenvalue weighted by Gasteiger charge is -2.24. The van der Waals surface area contributed by atoms with Crippen LogP contribution in [0, 0.1) is 19.7 Å². The highest BCUT2D eigenvalue weighted by molar-refractivity contribution is 7.99. The van der Waals surface area contributed by atoms with Gasteiger partial charge in [-0.25, -0.2) is 9.18 Å². The molecule has 4 nitrogen and oxygen atoms in total. The Labute approximate surface area is 155 Å². The van der Waals surface area contributed by atoms with Crippen molar-refractivity contribution in [3.05, 3.63) is 58.9 Å². The van der Waals surface area contributed by atoms with Gasteiger partial charge in [0.25, 0.3) is 5.91 Å². The molecular weight excluding hydrogens is 353 g/mol. The van der Waals surface area contributed by atoms with Gasteiger partial charge in [0, 0.05) is 5.75 Å². The van der Waals surface area contributed by atoms with Gasteiger partial charge >= 0.3 is 5.97 Å². The van der Waals surface area contributed by atoms with Crippen LogP contribution in [0.1, 0.15) is 27.9 Å². The van der Waals surface area contributed by atoms with Crippen LogP contribution in [0.15, 0.2) is 36.4 Å². The molecule has 2 aromatic carbocycles. The van der Waals surface area contributed by atoms with Crippen LogP contribution in [0.3, 0.4) is 0 Å². The highest BCUT2D eigenvalue weighted by Gasteiger charge is 2.43. The number of carboxylic acid groups (broad SMARTS) is 1. The van der Waals surface area contributed by atoms with Crippen molar-refractivity contribution in [1.82, 2.24) is 5.32 Å². The zero-order valence-electron chi connectivity index (χ0n) is 14.6. The Hall–Kier alpha value is -2.34. The zero-order chi connectivity index (χ0) is 18.9. The number of thioether (sulfide) groups is 1. The quantitative estimate of drug-likeness (QED) is 0.856. The SMILES string of the molecule is Cc1ccc(-c2ccc(C(=O)NC3(C(=O)O)CCSC3)c(F)c2)cc1C. The summed E-state index contributed by atoms with van der Waals surface area (Å²) in [7, 11) is 0. The lowest BCUT2D eigenvalue weighted by Crippen LogP contribution is -2.54. The van der Waals surface area contributed by atoms with E-state index in [0.717, 1.165) is 16.7 Å². The maximum Gasteiger partial charge on any atom is 0.330 e. The highest BCUT2D eigenvalue weighted by Crippen LogP contribution is 2.29. The number of carboxylic acids is 1. The summed E-state index contributed by atoms with van der Waals surface area (Å²) in [6.07, 6.45) is 0.334. The van der Waals surface area contributed by atoms with E-state index in [1.54, 1.807) is 6.07 Å². The number of aliphatic carboxylic acids is 1. The second kappa shape index (κ2) is 7.11. The van der Waals surface area contributed by atoms with Crippen molar-refractivity contribution in [3.8, 4) is 11.1 Å². The van der Waals surface area contributed by atoms with Crippen LogP contribution < -0.4 is 5.32 Å². The topological polar surface area (TPSA) is 66.4 Å². The molecule has 26 heavy (non-hydrogen) atoms. The van der Waals surface area contributed by atoms with Gasteiger partial charge in [-0.15, -0.1) is 0 Å². The maximum absolute atomic E-state index is 14.6. The molecule has 1 atom stereocenters. The minimum Gasteiger partial charge on any atom is -0.479 e. The van der Waals surface area contributed by atoms with Gasteiger partial charge < -0.3 is 10.4 Å². The Morgan fingerprint density at radius 1 is 1.12 bits per heavy atom. The van der Waals surface area contributed by atoms with Crippen LogP contribution in [-0.4, -0.2) is 34.0 Å². The van der Waals surface area contributed by atoms with E-state index in [4.69, 9.17) is 0 Å². The Kier molecular flexibility index (Phi) is 5.05. The predicted octanol–water partition coefficient (Wildman–Crippen LogP) is 3.80. The van der Waals surface area contributed by atoms with Crippen molar-refractivity contribution in [1.29, 1.82) is 0 Å². The van der Waals surface area contributed by atoms with Crippen LogP contribution in [0.5, 0.6) is 0 Å². The monoisotopic (exact) mass is 373 g/mol. The molecule has 136 valence electrons. The summed E-state index contributed by atoms with van der Waals surface area (Å²) in [5, 5.41) is 12.0. The fourth-order valence-electron chi connectivity index (χ4n) is 2.97. The number of carbonyl (C=O) groups is 2. The molecule has 0 bridgehead atoms. The van der Waals surface area contributed by atoms with E-state index < -0.39 is 23.2 Å². The molecule has 0 spiro atoms. The summed E-state index contributed by atoms with van der Waals surface area (Å²) in [6, 6.07) is 10.3. The number of carbonyl (C=O) groups excluding carboxylic acids is 1. The van der Waals surface area contributed by atoms with Crippen molar-refractivity contribution < 1.29 is 19.1 Å². The van der Waals surface area contributed by atoms with Crippen molar-refractivity contribution in [3.63, 3.8) is 0 Å². The number of aryl methyl sites for hydroxylation is 2. The second-order valence-electron chi connectivity index (χ2n) is 6.64. The smallest absolute Gasteiger partial charge is 0.330 e. The number of benzene rings is 2. The summed E-state index contributed by atoms with van der Waals surface area (Å²) >= 11 is 1.46. The molecule has 0 saturated carbocycles. The molecule has 6 heteroatoms. The van der Waals surface area contributed by atoms with Crippen LogP contribution in [0.4, 0.5) is 4.39 Å². The van der Waals surface area contributed by atoms with E-state index in [1.165, 1.54) is 23.9 Å². The fourth-order valence-corrected chi connectivity index (χ4v) is 4.30. The summed E-state index contributed by atoms with van der Waals surface area (Å²) in [5.41, 5.74) is 2.33. The summed E-state index contributed by atoms with van der Waals surface area (Å²) in [6.45, 7) is 3.99. The van der Waals surface area contributed by atoms with E-state index in [2.05, 4.69) is 5.32 Å². The van der Waals surface area contributed by atoms with Crippen LogP contribution in [-0.2, 0) is 4.79 Å². The number of amides is 1. The van der Waals surface area contributed by atoms with Crippen molar-refractivity contribution in [2.45, 2.75) is 25.8 Å². The van der Waals surface area contributed by atoms with Gasteiger partial charge in [0.1, 0.15) is 11.4 Å². The molecule has 1 fully saturated rings. The average Bonchev–Trinajstić information content (AvgIpc) is 3.07. The molecule has 1 amide bonds. The van der Waals surface area contributed by atoms with Gasteiger partial charge in [-0.3, -0.25) is 4.79 Å². The largest absolute Gasteiger partial charge is 0.479 e. The predicted molar refractivity (Wildman–Crippen MR) is 101 cm³/mol. The molecule has 2 N–H and O–H groups in total. The first-order valence-corrected chi connectivity index (χ1v) is 9.49. The van der Waals surface area contributed by atoms with Gasteiger partial charge in [-0.05, 0) is 60.4 Å². The summed E-state index contributed by atoms with van der Waals surface area (Å²) < 4.78 is 14.6. The number of hydrogen-bond donors (Lipinski definition) is 2. The molecule has 3 rings (SSSR count). The van der Waals surface area contributed by atoms with E-state index >= 15 is 0 Å². The van der Waals surface area contributed by atoms with E-state index in [1.807, 2.05) is 32.0 Å². The Balaban J connectivity index is 1.86. The molecule has 1 aliphatic heterocycles. The molecule has 1 unspecified atom stereocenters. The van der Waals surface area contributed by atoms with E-state index in [0.29, 0.717) is 17.7 Å². The molecule has 0 radical (unpaired) electrons. The zero-order valence-corrected chi connectivity index (χ0v) is 15.5. The standard InChI is InChI=1S/C20H20FNO3S/c1-12-3-4-14(9-13(12)2)15-5-6-16(17(21)10-15)18(23)22-20(19(24)25)7-8-26-11-20/h3-6,9-10H,7-8,11H2,1-2H3,(H,22,23)(H,24,25). The third kappa shape index (κ3) is 3.46. The number of hydrogen-bond acceptors (Lipinski definition) is 3. The van der Waals surface area contributed by atoms with Gasteiger partial charge in [0.05, 0.1) is 5.56 Å². The van der Waals surface area contributed by atoms with Crippen molar-refractivity contribution >= 4 is 23.6 Å². The Bertz CT molecular complexity index is 875. The summed E-state index contributed by atoms with van der Waals surface area (Å²) in [4.78, 5) is 24.0. The van der Waals surface area contributed by atoms with Gasteiger partial charge in [-0.1, -0.05) is 24.3 Å². The van der Waals surface area contributed by atoms with E-state index in [9.17, 15) is 19.1 Å². The number of halogens is 1. The molecule has 1 aliphatic rings. The first-order chi connectivity index (χ1) is 12.3. The number of rotatable bonds is 4. The minimum atomic E-state index is -1.32. The lowest BCUT2D eigenvalue weighted by atomic mass is 9.97. The maximum atomic E-state index is 14.6. The minimum absolute atomic E-state index is 0.143. The first-order valence-electron chi connectivity index (χ1n) is 8.33. The fraction of sp³-hybridized carbons (Fsp3) is 0.300. The normalized spacial score (nSPS) is 19.3. The molecule has 1 saturated heterocycles. The van der Waals surface area contributed by atoms with Crippen molar-refractivity contribution in [2.75, 3.05) is 11.5 Å². The molecule has 0 aromatic heterocycles. The van der Waals surface area contributed by atoms with Gasteiger partial charge in [0.15, 0.2) is 0 Å². The van der Waals surface area contributed by atoms with Crippen LogP contribution >= 0.6 is 11.8 Å². The van der Waals surface area contributed by atoms with Gasteiger partial charge in [-0.2, -0.15) is 11.8 Å². The number of nitrogens with one attached hydrogen (secondary N) is 1. The average molecular weight is 373 g/mol. The van der Waals surface area contributed by atoms with Crippen molar-refractivity contribution in [2.24, 2.45) is 0 Å². The third-order valence-corrected chi connectivity index (χ3v) is 6.03. The second-order valence-corrected chi connectivity index (χ2v) is 7.74. The molecular formula is C20H20FNO3S. The first kappa shape index (κ1) is 18.5. The van der Waals surface area contributed by atoms with E-state index in [-0.39, 0.29) is 11.3 Å². The Morgan fingerprint density at radius 3 is 2.38 bits per heavy atom. The third-order valence-electron chi connectivity index (χ3n) is 4.84. The highest BCUT2D eigenvalue weighted by atomic mass is 32.2. The summed E-state index contributed by atoms with van der Waals surface area (Å²) in [5.74, 6) is -1.50. The van der Waals surface area contributed by atoms with Crippen LogP contribution in [0.25, 0.3) is 11.1 Å². The Morgan fingerprint density at radius 2 is 1.81 bits per heavy atom. The van der Waals surface area contributed by atoms with Gasteiger partial charge in [0.2, 0.25) is 0 Å². The molecule has 0 aliphatic carbocycles. The molecule has 2 aromatic rings.